The number of hydrogen-bond acceptors (Lipinski definition) is 6. The van der Waals surface area contributed by atoms with E-state index in [4.69, 9.17) is 4.74 Å². The summed E-state index contributed by atoms with van der Waals surface area (Å²) in [5, 5.41) is 11.0. The lowest BCUT2D eigenvalue weighted by molar-refractivity contribution is -0.142. The third-order valence-corrected chi connectivity index (χ3v) is 8.52. The molecule has 2 bridgehead atoms. The van der Waals surface area contributed by atoms with E-state index in [-0.39, 0.29) is 38.2 Å². The van der Waals surface area contributed by atoms with Crippen LogP contribution in [0, 0.1) is 5.82 Å². The van der Waals surface area contributed by atoms with Gasteiger partial charge in [-0.1, -0.05) is 60.7 Å². The predicted molar refractivity (Wildman–Crippen MR) is 175 cm³/mol. The Morgan fingerprint density at radius 3 is 2.40 bits per heavy atom. The molecule has 11 nitrogen and oxygen atoms in total. The standard InChI is InChI=1S/C36H40FN5O6/c1-23-33(44)41-29(34(45)38-18-17-26-10-5-6-11-28(26)37)20-25-13-15-27(16-14-25)48-22-32(43)40-30(21-24-8-3-2-4-9-24)36(47)42-19-7-12-31(42)35(46)39-23/h2-6,8-11,13-16,23,29-31H,7,12,17-22H2,1H3,(H,38,45)(H,39,46)(H,40,43)(H,41,44)/t23-,29-,30+,31+/m0/s1. The maximum atomic E-state index is 14.1. The molecule has 3 heterocycles. The maximum Gasteiger partial charge on any atom is 0.258 e. The van der Waals surface area contributed by atoms with Gasteiger partial charge in [-0.05, 0) is 61.1 Å². The van der Waals surface area contributed by atoms with E-state index in [1.807, 2.05) is 30.3 Å². The number of nitrogens with one attached hydrogen (secondary N) is 4. The Kier molecular flexibility index (Phi) is 11.4. The highest BCUT2D eigenvalue weighted by molar-refractivity contribution is 5.96. The minimum absolute atomic E-state index is 0.116. The molecule has 5 amide bonds. The number of benzene rings is 3. The van der Waals surface area contributed by atoms with Crippen molar-refractivity contribution in [3.8, 4) is 5.75 Å². The largest absolute Gasteiger partial charge is 0.484 e. The summed E-state index contributed by atoms with van der Waals surface area (Å²) in [7, 11) is 0. The summed E-state index contributed by atoms with van der Waals surface area (Å²) in [4.78, 5) is 68.5. The Hall–Kier alpha value is -5.26. The topological polar surface area (TPSA) is 146 Å². The lowest BCUT2D eigenvalue weighted by atomic mass is 10.0. The van der Waals surface area contributed by atoms with Crippen LogP contribution < -0.4 is 26.0 Å². The molecule has 0 aliphatic carbocycles. The number of hydrogen-bond donors (Lipinski definition) is 4. The first kappa shape index (κ1) is 34.1. The van der Waals surface area contributed by atoms with Gasteiger partial charge in [-0.2, -0.15) is 0 Å². The molecule has 3 aromatic rings. The number of nitrogens with zero attached hydrogens (tertiary/aromatic N) is 1. The summed E-state index contributed by atoms with van der Waals surface area (Å²) in [5.41, 5.74) is 1.99. The van der Waals surface area contributed by atoms with Crippen molar-refractivity contribution in [3.05, 3.63) is 101 Å². The van der Waals surface area contributed by atoms with Gasteiger partial charge in [0.05, 0.1) is 0 Å². The van der Waals surface area contributed by atoms with Crippen LogP contribution in [0.15, 0.2) is 78.9 Å². The van der Waals surface area contributed by atoms with Crippen LogP contribution in [-0.2, 0) is 43.2 Å². The average Bonchev–Trinajstić information content (AvgIpc) is 3.58. The van der Waals surface area contributed by atoms with E-state index in [1.54, 1.807) is 42.5 Å². The number of carbonyl (C=O) groups excluding carboxylic acids is 5. The van der Waals surface area contributed by atoms with E-state index in [2.05, 4.69) is 21.3 Å². The van der Waals surface area contributed by atoms with Crippen molar-refractivity contribution in [2.45, 2.75) is 63.2 Å². The Balaban J connectivity index is 1.35. The van der Waals surface area contributed by atoms with Gasteiger partial charge in [-0.15, -0.1) is 0 Å². The third-order valence-electron chi connectivity index (χ3n) is 8.52. The van der Waals surface area contributed by atoms with Gasteiger partial charge in [-0.3, -0.25) is 24.0 Å². The second-order valence-electron chi connectivity index (χ2n) is 12.1. The normalized spacial score (nSPS) is 22.2. The number of halogens is 1. The molecular weight excluding hydrogens is 617 g/mol. The van der Waals surface area contributed by atoms with Crippen LogP contribution in [0.1, 0.15) is 36.5 Å². The van der Waals surface area contributed by atoms with E-state index < -0.39 is 53.7 Å². The molecule has 0 radical (unpaired) electrons. The molecule has 0 aromatic heterocycles. The van der Waals surface area contributed by atoms with Crippen LogP contribution in [0.3, 0.4) is 0 Å². The minimum atomic E-state index is -1.03. The van der Waals surface area contributed by atoms with E-state index in [0.717, 1.165) is 5.56 Å². The second kappa shape index (κ2) is 16.0. The van der Waals surface area contributed by atoms with Gasteiger partial charge in [0.25, 0.3) is 5.91 Å². The van der Waals surface area contributed by atoms with Gasteiger partial charge in [0, 0.05) is 25.9 Å². The highest BCUT2D eigenvalue weighted by atomic mass is 19.1. The number of fused-ring (bicyclic) bond motifs is 13. The fraction of sp³-hybridized carbons (Fsp3) is 0.361. The van der Waals surface area contributed by atoms with Crippen LogP contribution in [0.4, 0.5) is 4.39 Å². The molecule has 3 aliphatic heterocycles. The molecule has 0 unspecified atom stereocenters. The molecule has 0 saturated carbocycles. The first-order valence-electron chi connectivity index (χ1n) is 16.2. The molecule has 48 heavy (non-hydrogen) atoms. The van der Waals surface area contributed by atoms with Gasteiger partial charge < -0.3 is 30.9 Å². The SMILES string of the molecule is C[C@@H]1NC(=O)[C@H]2CCCN2C(=O)[C@@H](Cc2ccccc2)NC(=O)COc2ccc(cc2)C[C@@H](C(=O)NCCc2ccccc2F)NC1=O. The average molecular weight is 658 g/mol. The molecule has 1 saturated heterocycles. The zero-order chi connectivity index (χ0) is 34.0. The zero-order valence-electron chi connectivity index (χ0n) is 26.7. The van der Waals surface area contributed by atoms with Crippen molar-refractivity contribution in [3.63, 3.8) is 0 Å². The summed E-state index contributed by atoms with van der Waals surface area (Å²) in [6.07, 6.45) is 1.55. The molecule has 3 aliphatic rings. The van der Waals surface area contributed by atoms with Crippen molar-refractivity contribution in [1.29, 1.82) is 0 Å². The van der Waals surface area contributed by atoms with Crippen LogP contribution in [0.5, 0.6) is 5.75 Å². The fourth-order valence-corrected chi connectivity index (χ4v) is 5.92. The van der Waals surface area contributed by atoms with Crippen molar-refractivity contribution in [2.75, 3.05) is 19.7 Å². The van der Waals surface area contributed by atoms with Crippen molar-refractivity contribution in [2.24, 2.45) is 0 Å². The Morgan fingerprint density at radius 2 is 1.65 bits per heavy atom. The highest BCUT2D eigenvalue weighted by Crippen LogP contribution is 2.21. The zero-order valence-corrected chi connectivity index (χ0v) is 26.7. The minimum Gasteiger partial charge on any atom is -0.484 e. The van der Waals surface area contributed by atoms with Gasteiger partial charge in [0.2, 0.25) is 23.6 Å². The van der Waals surface area contributed by atoms with E-state index >= 15 is 0 Å². The quantitative estimate of drug-likeness (QED) is 0.318. The van der Waals surface area contributed by atoms with E-state index in [0.29, 0.717) is 36.3 Å². The summed E-state index contributed by atoms with van der Waals surface area (Å²) in [5.74, 6) is -2.44. The van der Waals surface area contributed by atoms with Gasteiger partial charge >= 0.3 is 0 Å². The number of amides is 5. The number of carbonyl (C=O) groups is 5. The summed E-state index contributed by atoms with van der Waals surface area (Å²) in [6, 6.07) is 18.5. The van der Waals surface area contributed by atoms with Crippen molar-refractivity contribution < 1.29 is 33.1 Å². The molecule has 4 N–H and O–H groups in total. The van der Waals surface area contributed by atoms with Gasteiger partial charge in [0.1, 0.15) is 35.7 Å². The van der Waals surface area contributed by atoms with Crippen LogP contribution in [0.2, 0.25) is 0 Å². The first-order chi connectivity index (χ1) is 23.2. The molecule has 1 fully saturated rings. The second-order valence-corrected chi connectivity index (χ2v) is 12.1. The van der Waals surface area contributed by atoms with Crippen LogP contribution in [-0.4, -0.2) is 78.3 Å². The first-order valence-corrected chi connectivity index (χ1v) is 16.2. The smallest absolute Gasteiger partial charge is 0.258 e. The van der Waals surface area contributed by atoms with Crippen molar-refractivity contribution in [1.82, 2.24) is 26.2 Å². The lowest BCUT2D eigenvalue weighted by Crippen LogP contribution is -2.58. The molecular formula is C36H40FN5O6. The van der Waals surface area contributed by atoms with Gasteiger partial charge in [-0.25, -0.2) is 4.39 Å². The molecule has 6 rings (SSSR count). The van der Waals surface area contributed by atoms with E-state index in [1.165, 1.54) is 17.9 Å². The Bertz CT molecular complexity index is 1620. The summed E-state index contributed by atoms with van der Waals surface area (Å²) < 4.78 is 19.8. The molecule has 4 atom stereocenters. The summed E-state index contributed by atoms with van der Waals surface area (Å²) in [6.45, 7) is 1.62. The van der Waals surface area contributed by atoms with Crippen LogP contribution in [0.25, 0.3) is 0 Å². The van der Waals surface area contributed by atoms with Crippen molar-refractivity contribution >= 4 is 29.5 Å². The predicted octanol–water partition coefficient (Wildman–Crippen LogP) is 1.83. The Labute approximate surface area is 278 Å². The summed E-state index contributed by atoms with van der Waals surface area (Å²) >= 11 is 0. The highest BCUT2D eigenvalue weighted by Gasteiger charge is 2.38. The fourth-order valence-electron chi connectivity index (χ4n) is 5.92. The third kappa shape index (κ3) is 8.96. The van der Waals surface area contributed by atoms with E-state index in [9.17, 15) is 28.4 Å². The monoisotopic (exact) mass is 657 g/mol. The maximum absolute atomic E-state index is 14.1. The van der Waals surface area contributed by atoms with Crippen LogP contribution >= 0.6 is 0 Å². The number of ether oxygens (including phenoxy) is 1. The molecule has 12 heteroatoms. The molecule has 0 spiro atoms. The van der Waals surface area contributed by atoms with Gasteiger partial charge in [0.15, 0.2) is 6.61 Å². The number of rotatable bonds is 6. The lowest BCUT2D eigenvalue weighted by Gasteiger charge is -2.29. The molecule has 3 aromatic carbocycles. The Morgan fingerprint density at radius 1 is 0.917 bits per heavy atom. The molecule has 252 valence electrons.